The van der Waals surface area contributed by atoms with Crippen molar-refractivity contribution in [3.05, 3.63) is 76.7 Å². The molecule has 1 aromatic heterocycles. The highest BCUT2D eigenvalue weighted by Crippen LogP contribution is 2.54. The summed E-state index contributed by atoms with van der Waals surface area (Å²) in [5.41, 5.74) is 2.97. The van der Waals surface area contributed by atoms with Crippen molar-refractivity contribution >= 4 is 17.6 Å². The van der Waals surface area contributed by atoms with E-state index in [4.69, 9.17) is 9.47 Å². The fourth-order valence-electron chi connectivity index (χ4n) is 6.19. The largest absolute Gasteiger partial charge is 0.487 e. The summed E-state index contributed by atoms with van der Waals surface area (Å²) in [6.45, 7) is 7.68. The Morgan fingerprint density at radius 2 is 1.95 bits per heavy atom. The lowest BCUT2D eigenvalue weighted by molar-refractivity contribution is -0.116. The maximum Gasteiger partial charge on any atom is 0.251 e. The zero-order valence-electron chi connectivity index (χ0n) is 22.9. The number of likely N-dealkylation sites (N-methyl/N-ethyl adjacent to an activating group) is 1. The fraction of sp³-hybridized carbons (Fsp3) is 0.387. The molecule has 2 amide bonds. The summed E-state index contributed by atoms with van der Waals surface area (Å²) in [6.07, 6.45) is 2.41. The third-order valence-electron chi connectivity index (χ3n) is 8.49. The van der Waals surface area contributed by atoms with Gasteiger partial charge >= 0.3 is 0 Å². The van der Waals surface area contributed by atoms with Gasteiger partial charge in [-0.1, -0.05) is 6.92 Å². The van der Waals surface area contributed by atoms with Crippen molar-refractivity contribution in [3.8, 4) is 17.2 Å². The minimum atomic E-state index is -0.405. The third-order valence-corrected chi connectivity index (χ3v) is 8.49. The van der Waals surface area contributed by atoms with Crippen LogP contribution in [0.25, 0.3) is 0 Å². The van der Waals surface area contributed by atoms with E-state index >= 15 is 0 Å². The van der Waals surface area contributed by atoms with Crippen LogP contribution in [0.4, 0.5) is 10.2 Å². The number of carbonyl (C=O) groups excluding carboxylic acids is 2. The van der Waals surface area contributed by atoms with Crippen LogP contribution in [0.3, 0.4) is 0 Å². The summed E-state index contributed by atoms with van der Waals surface area (Å²) in [5.74, 6) is 1.85. The molecule has 3 aliphatic heterocycles. The van der Waals surface area contributed by atoms with E-state index < -0.39 is 5.82 Å². The number of pyridine rings is 1. The van der Waals surface area contributed by atoms with Crippen molar-refractivity contribution in [2.24, 2.45) is 0 Å². The number of benzene rings is 2. The summed E-state index contributed by atoms with van der Waals surface area (Å²) in [4.78, 5) is 33.9. The number of amides is 2. The van der Waals surface area contributed by atoms with Crippen molar-refractivity contribution < 1.29 is 23.5 Å². The number of piperazine rings is 1. The third kappa shape index (κ3) is 5.13. The van der Waals surface area contributed by atoms with E-state index in [2.05, 4.69) is 32.3 Å². The standard InChI is InChI=1S/C31H32FN5O4/c1-2-36-9-11-37(12-10-36)17-18-13-19(15-20(32)14-18)31(39)35-28-27-23-16-21(3-5-24(23)41-29(27)28)40-25-7-8-33-30-22(25)4-6-26(38)34-30/h3,5,7-8,13-16,27-29H,2,4,6,9-12,17H2,1H3,(H,35,39)(H,33,34,38). The van der Waals surface area contributed by atoms with E-state index in [1.807, 2.05) is 18.2 Å². The Bertz CT molecular complexity index is 1520. The van der Waals surface area contributed by atoms with Gasteiger partial charge in [0, 0.05) is 62.0 Å². The highest BCUT2D eigenvalue weighted by atomic mass is 19.1. The van der Waals surface area contributed by atoms with Crippen LogP contribution in [0, 0.1) is 5.82 Å². The van der Waals surface area contributed by atoms with Crippen molar-refractivity contribution in [2.45, 2.75) is 44.4 Å². The highest BCUT2D eigenvalue weighted by molar-refractivity contribution is 5.95. The van der Waals surface area contributed by atoms with Crippen molar-refractivity contribution in [2.75, 3.05) is 38.0 Å². The number of halogens is 1. The molecule has 2 fully saturated rings. The van der Waals surface area contributed by atoms with Crippen LogP contribution >= 0.6 is 0 Å². The number of anilines is 1. The molecule has 0 bridgehead atoms. The van der Waals surface area contributed by atoms with Gasteiger partial charge < -0.3 is 25.0 Å². The van der Waals surface area contributed by atoms with E-state index in [1.54, 1.807) is 18.3 Å². The van der Waals surface area contributed by atoms with Crippen LogP contribution in [0.2, 0.25) is 0 Å². The highest BCUT2D eigenvalue weighted by Gasteiger charge is 2.59. The number of nitrogens with one attached hydrogen (secondary N) is 2. The fourth-order valence-corrected chi connectivity index (χ4v) is 6.19. The number of nitrogens with zero attached hydrogens (tertiary/aromatic N) is 3. The molecule has 10 heteroatoms. The van der Waals surface area contributed by atoms with Gasteiger partial charge in [0.25, 0.3) is 5.91 Å². The molecule has 7 rings (SSSR count). The molecule has 3 unspecified atom stereocenters. The van der Waals surface area contributed by atoms with Crippen LogP contribution < -0.4 is 20.1 Å². The Balaban J connectivity index is 1.01. The first-order valence-electron chi connectivity index (χ1n) is 14.3. The van der Waals surface area contributed by atoms with Crippen molar-refractivity contribution in [1.29, 1.82) is 0 Å². The SMILES string of the molecule is CCN1CCN(Cc2cc(F)cc(C(=O)NC3C4Oc5ccc(Oc6ccnc7c6CCC(=O)N7)cc5C34)c2)CC1. The first kappa shape index (κ1) is 25.9. The number of hydrogen-bond donors (Lipinski definition) is 2. The molecule has 212 valence electrons. The zero-order chi connectivity index (χ0) is 28.1. The molecule has 3 aromatic rings. The predicted molar refractivity (Wildman–Crippen MR) is 150 cm³/mol. The Labute approximate surface area is 237 Å². The Kier molecular flexibility index (Phi) is 6.59. The molecule has 4 aliphatic rings. The maximum atomic E-state index is 14.5. The number of aromatic nitrogens is 1. The van der Waals surface area contributed by atoms with Gasteiger partial charge in [-0.2, -0.15) is 0 Å². The number of hydrogen-bond acceptors (Lipinski definition) is 7. The molecule has 3 atom stereocenters. The van der Waals surface area contributed by atoms with Gasteiger partial charge in [-0.05, 0) is 61.0 Å². The second-order valence-corrected chi connectivity index (χ2v) is 11.2. The molecule has 0 spiro atoms. The van der Waals surface area contributed by atoms with Crippen LogP contribution in [0.15, 0.2) is 48.7 Å². The molecule has 9 nitrogen and oxygen atoms in total. The van der Waals surface area contributed by atoms with E-state index in [9.17, 15) is 14.0 Å². The topological polar surface area (TPSA) is 96.0 Å². The van der Waals surface area contributed by atoms with Crippen LogP contribution in [0.5, 0.6) is 17.2 Å². The quantitative estimate of drug-likeness (QED) is 0.458. The molecule has 1 aliphatic carbocycles. The van der Waals surface area contributed by atoms with Crippen molar-refractivity contribution in [3.63, 3.8) is 0 Å². The van der Waals surface area contributed by atoms with Gasteiger partial charge in [0.1, 0.15) is 35.0 Å². The lowest BCUT2D eigenvalue weighted by Crippen LogP contribution is -2.45. The smallest absolute Gasteiger partial charge is 0.251 e. The lowest BCUT2D eigenvalue weighted by Gasteiger charge is -2.34. The number of fused-ring (bicyclic) bond motifs is 4. The van der Waals surface area contributed by atoms with Gasteiger partial charge in [0.2, 0.25) is 5.91 Å². The van der Waals surface area contributed by atoms with Gasteiger partial charge in [-0.25, -0.2) is 9.37 Å². The molecule has 4 heterocycles. The number of carbonyl (C=O) groups is 2. The van der Waals surface area contributed by atoms with E-state index in [0.29, 0.717) is 42.3 Å². The minimum Gasteiger partial charge on any atom is -0.487 e. The Morgan fingerprint density at radius 3 is 2.78 bits per heavy atom. The summed E-state index contributed by atoms with van der Waals surface area (Å²) >= 11 is 0. The molecule has 41 heavy (non-hydrogen) atoms. The van der Waals surface area contributed by atoms with Gasteiger partial charge in [-0.15, -0.1) is 0 Å². The zero-order valence-corrected chi connectivity index (χ0v) is 22.9. The summed E-state index contributed by atoms with van der Waals surface area (Å²) in [5, 5.41) is 5.85. The molecule has 1 saturated heterocycles. The predicted octanol–water partition coefficient (Wildman–Crippen LogP) is 3.69. The second-order valence-electron chi connectivity index (χ2n) is 11.2. The second kappa shape index (κ2) is 10.4. The molecular formula is C31H32FN5O4. The van der Waals surface area contributed by atoms with Gasteiger partial charge in [0.05, 0.1) is 12.0 Å². The normalized spacial score (nSPS) is 23.1. The van der Waals surface area contributed by atoms with E-state index in [-0.39, 0.29) is 29.9 Å². The average molecular weight is 558 g/mol. The van der Waals surface area contributed by atoms with Gasteiger partial charge in [-0.3, -0.25) is 14.5 Å². The number of rotatable bonds is 7. The molecule has 2 aromatic carbocycles. The minimum absolute atomic E-state index is 0.00559. The van der Waals surface area contributed by atoms with Crippen LogP contribution in [-0.2, 0) is 17.8 Å². The monoisotopic (exact) mass is 557 g/mol. The lowest BCUT2D eigenvalue weighted by atomic mass is 10.1. The Morgan fingerprint density at radius 1 is 1.12 bits per heavy atom. The van der Waals surface area contributed by atoms with Crippen LogP contribution in [-0.4, -0.2) is 71.5 Å². The Hall–Kier alpha value is -4.02. The van der Waals surface area contributed by atoms with E-state index in [1.165, 1.54) is 12.1 Å². The van der Waals surface area contributed by atoms with Crippen molar-refractivity contribution in [1.82, 2.24) is 20.1 Å². The van der Waals surface area contributed by atoms with E-state index in [0.717, 1.165) is 55.2 Å². The summed E-state index contributed by atoms with van der Waals surface area (Å²) < 4.78 is 26.8. The molecule has 1 saturated carbocycles. The molecule has 2 N–H and O–H groups in total. The summed E-state index contributed by atoms with van der Waals surface area (Å²) in [7, 11) is 0. The first-order chi connectivity index (χ1) is 19.9. The van der Waals surface area contributed by atoms with Gasteiger partial charge in [0.15, 0.2) is 0 Å². The number of ether oxygens (including phenoxy) is 2. The van der Waals surface area contributed by atoms with Crippen LogP contribution in [0.1, 0.15) is 46.3 Å². The summed E-state index contributed by atoms with van der Waals surface area (Å²) in [6, 6.07) is 11.9. The first-order valence-corrected chi connectivity index (χ1v) is 14.3. The molecular weight excluding hydrogens is 525 g/mol. The average Bonchev–Trinajstić information content (AvgIpc) is 3.49. The molecule has 0 radical (unpaired) electrons. The maximum absolute atomic E-state index is 14.5.